The second-order valence-corrected chi connectivity index (χ2v) is 7.38. The van der Waals surface area contributed by atoms with Crippen molar-refractivity contribution in [3.05, 3.63) is 83.4 Å². The number of hydrogen-bond acceptors (Lipinski definition) is 6. The second kappa shape index (κ2) is 11.6. The Morgan fingerprint density at radius 2 is 1.53 bits per heavy atom. The molecule has 3 rings (SSSR count). The minimum atomic E-state index is -0.285. The predicted octanol–water partition coefficient (Wildman–Crippen LogP) is 4.93. The molecule has 0 heterocycles. The molecule has 176 valence electrons. The van der Waals surface area contributed by atoms with Crippen molar-refractivity contribution in [3.63, 3.8) is 0 Å². The third-order valence-electron chi connectivity index (χ3n) is 4.98. The number of ether oxygens (including phenoxy) is 4. The van der Waals surface area contributed by atoms with Crippen molar-refractivity contribution in [2.45, 2.75) is 6.92 Å². The fraction of sp³-hybridized carbons (Fsp3) is 0.185. The summed E-state index contributed by atoms with van der Waals surface area (Å²) in [6.45, 7) is 1.80. The fourth-order valence-electron chi connectivity index (χ4n) is 3.15. The number of carbonyl (C=O) groups excluding carboxylic acids is 2. The Morgan fingerprint density at radius 3 is 2.21 bits per heavy atom. The molecular formula is C27H27NO6. The van der Waals surface area contributed by atoms with Crippen LogP contribution in [0.2, 0.25) is 0 Å². The van der Waals surface area contributed by atoms with Gasteiger partial charge in [-0.15, -0.1) is 0 Å². The van der Waals surface area contributed by atoms with Crippen LogP contribution in [-0.4, -0.2) is 39.6 Å². The van der Waals surface area contributed by atoms with E-state index in [1.165, 1.54) is 27.4 Å². The summed E-state index contributed by atoms with van der Waals surface area (Å²) in [6.07, 6.45) is 3.11. The van der Waals surface area contributed by atoms with E-state index in [2.05, 4.69) is 5.32 Å². The molecule has 7 heteroatoms. The van der Waals surface area contributed by atoms with Crippen molar-refractivity contribution in [2.24, 2.45) is 0 Å². The van der Waals surface area contributed by atoms with Gasteiger partial charge >= 0.3 is 0 Å². The van der Waals surface area contributed by atoms with Gasteiger partial charge in [-0.1, -0.05) is 29.8 Å². The first-order valence-corrected chi connectivity index (χ1v) is 10.5. The van der Waals surface area contributed by atoms with Gasteiger partial charge < -0.3 is 24.3 Å². The molecule has 0 aliphatic rings. The molecule has 0 spiro atoms. The topological polar surface area (TPSA) is 83.1 Å². The standard InChI is InChI=1S/C27H27NO6/c1-18-5-9-20(10-6-18)28-27(30)17-34-25-13-8-19(15-26(25)33-4)7-12-23(29)22-16-21(31-2)11-14-24(22)32-3/h5-16H,17H2,1-4H3,(H,28,30)/b12-7+. The van der Waals surface area contributed by atoms with Gasteiger partial charge in [0.05, 0.1) is 26.9 Å². The number of hydrogen-bond donors (Lipinski definition) is 1. The fourth-order valence-corrected chi connectivity index (χ4v) is 3.15. The average molecular weight is 462 g/mol. The van der Waals surface area contributed by atoms with E-state index in [1.54, 1.807) is 42.5 Å². The highest BCUT2D eigenvalue weighted by Gasteiger charge is 2.12. The first kappa shape index (κ1) is 24.4. The number of carbonyl (C=O) groups is 2. The molecule has 3 aromatic carbocycles. The number of allylic oxidation sites excluding steroid dienone is 1. The van der Waals surface area contributed by atoms with Crippen LogP contribution in [0.15, 0.2) is 66.7 Å². The molecule has 0 saturated carbocycles. The monoisotopic (exact) mass is 461 g/mol. The molecule has 0 aliphatic carbocycles. The van der Waals surface area contributed by atoms with E-state index in [9.17, 15) is 9.59 Å². The highest BCUT2D eigenvalue weighted by Crippen LogP contribution is 2.29. The number of benzene rings is 3. The smallest absolute Gasteiger partial charge is 0.262 e. The average Bonchev–Trinajstić information content (AvgIpc) is 2.87. The molecular weight excluding hydrogens is 434 g/mol. The Labute approximate surface area is 198 Å². The van der Waals surface area contributed by atoms with Gasteiger partial charge in [0.1, 0.15) is 11.5 Å². The third kappa shape index (κ3) is 6.38. The van der Waals surface area contributed by atoms with E-state index in [1.807, 2.05) is 31.2 Å². The molecule has 3 aromatic rings. The maximum atomic E-state index is 12.7. The molecule has 34 heavy (non-hydrogen) atoms. The Balaban J connectivity index is 1.66. The number of aryl methyl sites for hydroxylation is 1. The van der Waals surface area contributed by atoms with E-state index in [0.717, 1.165) is 11.1 Å². The van der Waals surface area contributed by atoms with E-state index in [4.69, 9.17) is 18.9 Å². The lowest BCUT2D eigenvalue weighted by molar-refractivity contribution is -0.118. The maximum absolute atomic E-state index is 12.7. The molecule has 1 N–H and O–H groups in total. The lowest BCUT2D eigenvalue weighted by Gasteiger charge is -2.12. The van der Waals surface area contributed by atoms with Crippen molar-refractivity contribution >= 4 is 23.5 Å². The van der Waals surface area contributed by atoms with E-state index < -0.39 is 0 Å². The summed E-state index contributed by atoms with van der Waals surface area (Å²) in [5, 5.41) is 2.78. The molecule has 0 aromatic heterocycles. The Morgan fingerprint density at radius 1 is 0.824 bits per heavy atom. The Hall–Kier alpha value is -4.26. The number of ketones is 1. The van der Waals surface area contributed by atoms with Crippen LogP contribution >= 0.6 is 0 Å². The number of rotatable bonds is 10. The summed E-state index contributed by atoms with van der Waals surface area (Å²) in [4.78, 5) is 24.9. The number of amides is 1. The van der Waals surface area contributed by atoms with Gasteiger partial charge in [0.2, 0.25) is 0 Å². The van der Waals surface area contributed by atoms with Gasteiger partial charge in [0, 0.05) is 5.69 Å². The summed E-state index contributed by atoms with van der Waals surface area (Å²) in [5.41, 5.74) is 2.93. The molecule has 0 aliphatic heterocycles. The van der Waals surface area contributed by atoms with Gasteiger partial charge in [0.25, 0.3) is 5.91 Å². The van der Waals surface area contributed by atoms with Crippen molar-refractivity contribution in [3.8, 4) is 23.0 Å². The van der Waals surface area contributed by atoms with Crippen LogP contribution < -0.4 is 24.3 Å². The minimum Gasteiger partial charge on any atom is -0.497 e. The van der Waals surface area contributed by atoms with Crippen LogP contribution in [0, 0.1) is 6.92 Å². The lowest BCUT2D eigenvalue weighted by atomic mass is 10.1. The van der Waals surface area contributed by atoms with Crippen LogP contribution in [0.5, 0.6) is 23.0 Å². The van der Waals surface area contributed by atoms with Gasteiger partial charge in [-0.3, -0.25) is 9.59 Å². The van der Waals surface area contributed by atoms with Crippen LogP contribution in [-0.2, 0) is 4.79 Å². The van der Waals surface area contributed by atoms with Crippen molar-refractivity contribution < 1.29 is 28.5 Å². The van der Waals surface area contributed by atoms with E-state index >= 15 is 0 Å². The normalized spacial score (nSPS) is 10.6. The van der Waals surface area contributed by atoms with Crippen molar-refractivity contribution in [1.29, 1.82) is 0 Å². The number of methoxy groups -OCH3 is 3. The number of nitrogens with one attached hydrogen (secondary N) is 1. The van der Waals surface area contributed by atoms with Gasteiger partial charge in [-0.2, -0.15) is 0 Å². The molecule has 0 fully saturated rings. The highest BCUT2D eigenvalue weighted by molar-refractivity contribution is 6.09. The largest absolute Gasteiger partial charge is 0.497 e. The molecule has 0 saturated heterocycles. The zero-order chi connectivity index (χ0) is 24.5. The minimum absolute atomic E-state index is 0.173. The summed E-state index contributed by atoms with van der Waals surface area (Å²) in [6, 6.07) is 17.7. The van der Waals surface area contributed by atoms with Crippen molar-refractivity contribution in [1.82, 2.24) is 0 Å². The van der Waals surface area contributed by atoms with Crippen LogP contribution in [0.4, 0.5) is 5.69 Å². The SMILES string of the molecule is COc1ccc(OC)c(C(=O)/C=C/c2ccc(OCC(=O)Nc3ccc(C)cc3)c(OC)c2)c1. The summed E-state index contributed by atoms with van der Waals surface area (Å²) < 4.78 is 21.5. The van der Waals surface area contributed by atoms with Crippen LogP contribution in [0.3, 0.4) is 0 Å². The Kier molecular flexibility index (Phi) is 8.29. The Bertz CT molecular complexity index is 1180. The van der Waals surface area contributed by atoms with Gasteiger partial charge in [-0.05, 0) is 61.0 Å². The highest BCUT2D eigenvalue weighted by atomic mass is 16.5. The van der Waals surface area contributed by atoms with Gasteiger partial charge in [-0.25, -0.2) is 0 Å². The summed E-state index contributed by atoms with van der Waals surface area (Å²) >= 11 is 0. The first-order valence-electron chi connectivity index (χ1n) is 10.5. The zero-order valence-corrected chi connectivity index (χ0v) is 19.6. The molecule has 0 atom stereocenters. The molecule has 7 nitrogen and oxygen atoms in total. The zero-order valence-electron chi connectivity index (χ0n) is 19.6. The first-order chi connectivity index (χ1) is 16.4. The molecule has 1 amide bonds. The summed E-state index contributed by atoms with van der Waals surface area (Å²) in [5.74, 6) is 1.36. The molecule has 0 unspecified atom stereocenters. The van der Waals surface area contributed by atoms with E-state index in [0.29, 0.717) is 34.2 Å². The maximum Gasteiger partial charge on any atom is 0.262 e. The quantitative estimate of drug-likeness (QED) is 0.340. The van der Waals surface area contributed by atoms with E-state index in [-0.39, 0.29) is 18.3 Å². The van der Waals surface area contributed by atoms with Crippen LogP contribution in [0.25, 0.3) is 6.08 Å². The predicted molar refractivity (Wildman–Crippen MR) is 131 cm³/mol. The van der Waals surface area contributed by atoms with Crippen LogP contribution in [0.1, 0.15) is 21.5 Å². The van der Waals surface area contributed by atoms with Gasteiger partial charge in [0.15, 0.2) is 23.9 Å². The lowest BCUT2D eigenvalue weighted by Crippen LogP contribution is -2.20. The molecule has 0 radical (unpaired) electrons. The third-order valence-corrected chi connectivity index (χ3v) is 4.98. The summed E-state index contributed by atoms with van der Waals surface area (Å²) in [7, 11) is 4.55. The number of anilines is 1. The molecule has 0 bridgehead atoms. The second-order valence-electron chi connectivity index (χ2n) is 7.38. The van der Waals surface area contributed by atoms with Crippen molar-refractivity contribution in [2.75, 3.05) is 33.3 Å².